The molecule has 0 aliphatic rings. The first-order chi connectivity index (χ1) is 8.67. The molecule has 0 aliphatic heterocycles. The Kier molecular flexibility index (Phi) is 4.71. The van der Waals surface area contributed by atoms with Crippen LogP contribution in [0, 0.1) is 0 Å². The van der Waals surface area contributed by atoms with Crippen molar-refractivity contribution in [2.24, 2.45) is 0 Å². The second-order valence-electron chi connectivity index (χ2n) is 4.36. The minimum atomic E-state index is -3.98. The van der Waals surface area contributed by atoms with Crippen LogP contribution in [0.4, 0.5) is 0 Å². The van der Waals surface area contributed by atoms with Crippen LogP contribution < -0.4 is 9.47 Å². The van der Waals surface area contributed by atoms with Gasteiger partial charge in [0.25, 0.3) is 9.05 Å². The number of rotatable bonds is 5. The predicted octanol–water partition coefficient (Wildman–Crippen LogP) is 2.51. The van der Waals surface area contributed by atoms with Crippen molar-refractivity contribution in [3.63, 3.8) is 0 Å². The number of ether oxygens (including phenoxy) is 3. The molecule has 0 saturated carbocycles. The summed E-state index contributed by atoms with van der Waals surface area (Å²) < 4.78 is 38.7. The Morgan fingerprint density at radius 3 is 1.74 bits per heavy atom. The summed E-state index contributed by atoms with van der Waals surface area (Å²) in [7, 11) is 5.72. The van der Waals surface area contributed by atoms with Crippen molar-refractivity contribution < 1.29 is 22.6 Å². The van der Waals surface area contributed by atoms with Crippen molar-refractivity contribution in [2.45, 2.75) is 24.3 Å². The third-order valence-corrected chi connectivity index (χ3v) is 4.26. The molecule has 0 unspecified atom stereocenters. The van der Waals surface area contributed by atoms with Crippen molar-refractivity contribution in [1.29, 1.82) is 0 Å². The second-order valence-corrected chi connectivity index (χ2v) is 6.86. The second kappa shape index (κ2) is 5.56. The van der Waals surface area contributed by atoms with Gasteiger partial charge in [0.2, 0.25) is 0 Å². The molecular formula is C12H17ClO5S. The molecule has 0 N–H and O–H groups in total. The number of benzene rings is 1. The average Bonchev–Trinajstić information content (AvgIpc) is 2.35. The van der Waals surface area contributed by atoms with Crippen LogP contribution in [0.15, 0.2) is 17.0 Å². The van der Waals surface area contributed by atoms with Crippen LogP contribution in [-0.4, -0.2) is 29.7 Å². The molecule has 0 radical (unpaired) electrons. The van der Waals surface area contributed by atoms with Gasteiger partial charge in [-0.05, 0) is 31.5 Å². The van der Waals surface area contributed by atoms with Gasteiger partial charge in [0.15, 0.2) is 4.90 Å². The van der Waals surface area contributed by atoms with Gasteiger partial charge < -0.3 is 14.2 Å². The van der Waals surface area contributed by atoms with Crippen LogP contribution in [-0.2, 0) is 19.4 Å². The van der Waals surface area contributed by atoms with Gasteiger partial charge in [0.1, 0.15) is 11.5 Å². The molecular weight excluding hydrogens is 292 g/mol. The zero-order chi connectivity index (χ0) is 14.8. The molecule has 7 heteroatoms. The molecule has 0 amide bonds. The highest BCUT2D eigenvalue weighted by molar-refractivity contribution is 8.13. The van der Waals surface area contributed by atoms with Crippen molar-refractivity contribution in [2.75, 3.05) is 21.3 Å². The van der Waals surface area contributed by atoms with Crippen LogP contribution in [0.1, 0.15) is 19.4 Å². The summed E-state index contributed by atoms with van der Waals surface area (Å²) >= 11 is 0. The van der Waals surface area contributed by atoms with E-state index in [2.05, 4.69) is 0 Å². The van der Waals surface area contributed by atoms with Gasteiger partial charge in [0.05, 0.1) is 19.8 Å². The van der Waals surface area contributed by atoms with E-state index in [9.17, 15) is 8.42 Å². The highest BCUT2D eigenvalue weighted by Crippen LogP contribution is 2.40. The summed E-state index contributed by atoms with van der Waals surface area (Å²) in [6, 6.07) is 3.14. The molecule has 0 aromatic heterocycles. The van der Waals surface area contributed by atoms with Gasteiger partial charge in [-0.3, -0.25) is 0 Å². The van der Waals surface area contributed by atoms with Crippen LogP contribution in [0.5, 0.6) is 11.5 Å². The first kappa shape index (κ1) is 16.1. The summed E-state index contributed by atoms with van der Waals surface area (Å²) in [5.41, 5.74) is 0.0996. The van der Waals surface area contributed by atoms with Gasteiger partial charge in [-0.25, -0.2) is 8.42 Å². The molecule has 19 heavy (non-hydrogen) atoms. The molecule has 0 saturated heterocycles. The molecule has 0 heterocycles. The van der Waals surface area contributed by atoms with E-state index in [1.54, 1.807) is 19.2 Å². The first-order valence-electron chi connectivity index (χ1n) is 5.43. The molecule has 0 atom stereocenters. The lowest BCUT2D eigenvalue weighted by molar-refractivity contribution is 0.0188. The van der Waals surface area contributed by atoms with E-state index in [4.69, 9.17) is 24.9 Å². The average molecular weight is 309 g/mol. The summed E-state index contributed by atoms with van der Waals surface area (Å²) in [5, 5.41) is 0. The topological polar surface area (TPSA) is 61.8 Å². The van der Waals surface area contributed by atoms with Gasteiger partial charge in [-0.2, -0.15) is 0 Å². The molecule has 1 rings (SSSR count). The van der Waals surface area contributed by atoms with E-state index in [1.807, 2.05) is 13.8 Å². The van der Waals surface area contributed by atoms with Crippen LogP contribution in [0.25, 0.3) is 0 Å². The highest BCUT2D eigenvalue weighted by Gasteiger charge is 2.28. The van der Waals surface area contributed by atoms with Gasteiger partial charge >= 0.3 is 0 Å². The third kappa shape index (κ3) is 3.32. The molecule has 0 fully saturated rings. The summed E-state index contributed by atoms with van der Waals surface area (Å²) in [6.07, 6.45) is 0. The predicted molar refractivity (Wildman–Crippen MR) is 72.6 cm³/mol. The number of halogens is 1. The van der Waals surface area contributed by atoms with Crippen LogP contribution >= 0.6 is 10.7 Å². The number of hydrogen-bond acceptors (Lipinski definition) is 5. The molecule has 0 spiro atoms. The fourth-order valence-corrected chi connectivity index (χ4v) is 2.81. The quantitative estimate of drug-likeness (QED) is 0.782. The lowest BCUT2D eigenvalue weighted by Crippen LogP contribution is -2.20. The minimum absolute atomic E-state index is 0.120. The zero-order valence-electron chi connectivity index (χ0n) is 11.5. The Balaban J connectivity index is 3.64. The van der Waals surface area contributed by atoms with Crippen molar-refractivity contribution in [1.82, 2.24) is 0 Å². The lowest BCUT2D eigenvalue weighted by atomic mass is 9.97. The standard InChI is InChI=1S/C12H17ClO5S/c1-12(2,18-5)8-6-9(16-3)11(19(13,14)15)10(7-8)17-4/h6-7H,1-5H3. The Hall–Kier alpha value is -0.980. The van der Waals surface area contributed by atoms with E-state index in [-0.39, 0.29) is 16.4 Å². The largest absolute Gasteiger partial charge is 0.495 e. The molecule has 5 nitrogen and oxygen atoms in total. The maximum absolute atomic E-state index is 11.6. The van der Waals surface area contributed by atoms with Gasteiger partial charge in [-0.15, -0.1) is 0 Å². The molecule has 0 aliphatic carbocycles. The zero-order valence-corrected chi connectivity index (χ0v) is 13.1. The SMILES string of the molecule is COc1cc(C(C)(C)OC)cc(OC)c1S(=O)(=O)Cl. The molecule has 1 aromatic rings. The van der Waals surface area contributed by atoms with Crippen LogP contribution in [0.3, 0.4) is 0 Å². The van der Waals surface area contributed by atoms with Crippen molar-refractivity contribution in [3.8, 4) is 11.5 Å². The fraction of sp³-hybridized carbons (Fsp3) is 0.500. The van der Waals surface area contributed by atoms with Crippen LogP contribution in [0.2, 0.25) is 0 Å². The maximum Gasteiger partial charge on any atom is 0.268 e. The van der Waals surface area contributed by atoms with Crippen molar-refractivity contribution in [3.05, 3.63) is 17.7 Å². The molecule has 0 bridgehead atoms. The van der Waals surface area contributed by atoms with Crippen molar-refractivity contribution >= 4 is 19.7 Å². The first-order valence-corrected chi connectivity index (χ1v) is 7.74. The smallest absolute Gasteiger partial charge is 0.268 e. The van der Waals surface area contributed by atoms with E-state index < -0.39 is 14.7 Å². The number of methoxy groups -OCH3 is 3. The maximum atomic E-state index is 11.6. The highest BCUT2D eigenvalue weighted by atomic mass is 35.7. The fourth-order valence-electron chi connectivity index (χ4n) is 1.59. The summed E-state index contributed by atoms with van der Waals surface area (Å²) in [5.74, 6) is 0.240. The Bertz CT molecular complexity index is 540. The van der Waals surface area contributed by atoms with Gasteiger partial charge in [0, 0.05) is 17.8 Å². The Morgan fingerprint density at radius 2 is 1.47 bits per heavy atom. The van der Waals surface area contributed by atoms with Gasteiger partial charge in [-0.1, -0.05) is 0 Å². The number of hydrogen-bond donors (Lipinski definition) is 0. The normalized spacial score (nSPS) is 12.3. The minimum Gasteiger partial charge on any atom is -0.495 e. The monoisotopic (exact) mass is 308 g/mol. The van der Waals surface area contributed by atoms with E-state index in [1.165, 1.54) is 14.2 Å². The van der Waals surface area contributed by atoms with E-state index in [0.717, 1.165) is 0 Å². The van der Waals surface area contributed by atoms with E-state index >= 15 is 0 Å². The lowest BCUT2D eigenvalue weighted by Gasteiger charge is -2.25. The van der Waals surface area contributed by atoms with E-state index in [0.29, 0.717) is 5.56 Å². The summed E-state index contributed by atoms with van der Waals surface area (Å²) in [6.45, 7) is 3.69. The molecule has 1 aromatic carbocycles. The summed E-state index contributed by atoms with van der Waals surface area (Å²) in [4.78, 5) is -0.185. The third-order valence-electron chi connectivity index (χ3n) is 2.91. The Labute approximate surface area is 117 Å². The molecule has 108 valence electrons. The Morgan fingerprint density at radius 1 is 1.05 bits per heavy atom.